The number of nitrogens with one attached hydrogen (secondary N) is 1. The lowest BCUT2D eigenvalue weighted by molar-refractivity contribution is -0.394. The molecule has 1 N–H and O–H groups in total. The molecule has 0 saturated heterocycles. The summed E-state index contributed by atoms with van der Waals surface area (Å²) in [6.45, 7) is 2.14. The lowest BCUT2D eigenvalue weighted by Crippen LogP contribution is -2.04. The molecule has 108 valence electrons. The Hall–Kier alpha value is -2.96. The fraction of sp³-hybridized carbons (Fsp3) is 0.143. The van der Waals surface area contributed by atoms with Crippen LogP contribution in [0.1, 0.15) is 11.1 Å². The van der Waals surface area contributed by atoms with Gasteiger partial charge in [0.05, 0.1) is 15.9 Å². The highest BCUT2D eigenvalue weighted by Crippen LogP contribution is 2.25. The Bertz CT molecular complexity index is 700. The van der Waals surface area contributed by atoms with Crippen molar-refractivity contribution in [3.8, 4) is 0 Å². The Balaban J connectivity index is 2.26. The molecule has 2 rings (SSSR count). The molecule has 0 aliphatic heterocycles. The van der Waals surface area contributed by atoms with E-state index in [1.54, 1.807) is 0 Å². The van der Waals surface area contributed by atoms with E-state index in [1.165, 1.54) is 12.1 Å². The SMILES string of the molecule is Cc1ccccc1NCc1ccc([N+](=O)[O-])cc1[N+](=O)[O-]. The normalized spacial score (nSPS) is 10.1. The van der Waals surface area contributed by atoms with Gasteiger partial charge in [0.2, 0.25) is 0 Å². The number of para-hydroxylation sites is 1. The van der Waals surface area contributed by atoms with E-state index in [9.17, 15) is 20.2 Å². The zero-order valence-electron chi connectivity index (χ0n) is 11.3. The van der Waals surface area contributed by atoms with E-state index in [2.05, 4.69) is 5.32 Å². The molecule has 2 aromatic carbocycles. The molecule has 7 nitrogen and oxygen atoms in total. The number of nitrogens with zero attached hydrogens (tertiary/aromatic N) is 2. The van der Waals surface area contributed by atoms with E-state index in [-0.39, 0.29) is 17.9 Å². The Kier molecular flexibility index (Phi) is 4.13. The van der Waals surface area contributed by atoms with Gasteiger partial charge in [0.25, 0.3) is 11.4 Å². The number of aryl methyl sites for hydroxylation is 1. The highest BCUT2D eigenvalue weighted by atomic mass is 16.6. The van der Waals surface area contributed by atoms with Crippen LogP contribution in [0.3, 0.4) is 0 Å². The van der Waals surface area contributed by atoms with Crippen LogP contribution in [0.15, 0.2) is 42.5 Å². The second-order valence-electron chi connectivity index (χ2n) is 4.50. The molecular formula is C14H13N3O4. The Morgan fingerprint density at radius 2 is 1.76 bits per heavy atom. The summed E-state index contributed by atoms with van der Waals surface area (Å²) in [7, 11) is 0. The Labute approximate surface area is 120 Å². The van der Waals surface area contributed by atoms with Gasteiger partial charge in [-0.25, -0.2) is 0 Å². The topological polar surface area (TPSA) is 98.3 Å². The third-order valence-corrected chi connectivity index (χ3v) is 3.09. The maximum absolute atomic E-state index is 11.0. The third-order valence-electron chi connectivity index (χ3n) is 3.09. The Morgan fingerprint density at radius 3 is 2.38 bits per heavy atom. The van der Waals surface area contributed by atoms with Crippen molar-refractivity contribution in [3.05, 3.63) is 73.8 Å². The average molecular weight is 287 g/mol. The number of anilines is 1. The fourth-order valence-electron chi connectivity index (χ4n) is 1.95. The number of hydrogen-bond donors (Lipinski definition) is 1. The van der Waals surface area contributed by atoms with Crippen molar-refractivity contribution >= 4 is 17.1 Å². The quantitative estimate of drug-likeness (QED) is 0.671. The number of nitro groups is 2. The summed E-state index contributed by atoms with van der Waals surface area (Å²) in [5.74, 6) is 0. The highest BCUT2D eigenvalue weighted by Gasteiger charge is 2.19. The zero-order chi connectivity index (χ0) is 15.4. The van der Waals surface area contributed by atoms with Gasteiger partial charge in [0.1, 0.15) is 0 Å². The molecule has 21 heavy (non-hydrogen) atoms. The van der Waals surface area contributed by atoms with Crippen LogP contribution in [0.25, 0.3) is 0 Å². The van der Waals surface area contributed by atoms with Crippen molar-refractivity contribution in [3.63, 3.8) is 0 Å². The second kappa shape index (κ2) is 6.00. The van der Waals surface area contributed by atoms with Crippen LogP contribution in [0.4, 0.5) is 17.1 Å². The van der Waals surface area contributed by atoms with E-state index in [4.69, 9.17) is 0 Å². The number of rotatable bonds is 5. The summed E-state index contributed by atoms with van der Waals surface area (Å²) >= 11 is 0. The molecule has 0 atom stereocenters. The van der Waals surface area contributed by atoms with Crippen LogP contribution in [0.5, 0.6) is 0 Å². The molecule has 0 spiro atoms. The van der Waals surface area contributed by atoms with Gasteiger partial charge in [0.15, 0.2) is 0 Å². The number of benzene rings is 2. The van der Waals surface area contributed by atoms with Gasteiger partial charge in [-0.1, -0.05) is 18.2 Å². The van der Waals surface area contributed by atoms with Crippen molar-refractivity contribution in [1.82, 2.24) is 0 Å². The number of non-ortho nitro benzene ring substituents is 1. The molecule has 0 radical (unpaired) electrons. The molecule has 2 aromatic rings. The molecule has 0 amide bonds. The molecule has 0 aliphatic carbocycles. The first kappa shape index (κ1) is 14.4. The predicted octanol–water partition coefficient (Wildman–Crippen LogP) is 3.42. The Morgan fingerprint density at radius 1 is 1.05 bits per heavy atom. The van der Waals surface area contributed by atoms with Gasteiger partial charge in [-0.05, 0) is 24.6 Å². The molecule has 0 bridgehead atoms. The van der Waals surface area contributed by atoms with Crippen LogP contribution >= 0.6 is 0 Å². The van der Waals surface area contributed by atoms with E-state index in [0.717, 1.165) is 17.3 Å². The van der Waals surface area contributed by atoms with Crippen molar-refractivity contribution in [2.24, 2.45) is 0 Å². The first-order valence-electron chi connectivity index (χ1n) is 6.20. The first-order valence-corrected chi connectivity index (χ1v) is 6.20. The molecule has 0 aliphatic rings. The van der Waals surface area contributed by atoms with Crippen molar-refractivity contribution < 1.29 is 9.85 Å². The minimum absolute atomic E-state index is 0.221. The molecular weight excluding hydrogens is 274 g/mol. The second-order valence-corrected chi connectivity index (χ2v) is 4.50. The minimum Gasteiger partial charge on any atom is -0.380 e. The first-order chi connectivity index (χ1) is 9.99. The summed E-state index contributed by atoms with van der Waals surface area (Å²) in [5, 5.41) is 24.8. The van der Waals surface area contributed by atoms with Crippen LogP contribution < -0.4 is 5.32 Å². The van der Waals surface area contributed by atoms with Crippen molar-refractivity contribution in [2.75, 3.05) is 5.32 Å². The summed E-state index contributed by atoms with van der Waals surface area (Å²) < 4.78 is 0. The smallest absolute Gasteiger partial charge is 0.281 e. The fourth-order valence-corrected chi connectivity index (χ4v) is 1.95. The summed E-state index contributed by atoms with van der Waals surface area (Å²) in [4.78, 5) is 20.5. The van der Waals surface area contributed by atoms with Gasteiger partial charge in [-0.3, -0.25) is 20.2 Å². The van der Waals surface area contributed by atoms with Gasteiger partial charge in [-0.2, -0.15) is 0 Å². The highest BCUT2D eigenvalue weighted by molar-refractivity contribution is 5.54. The lowest BCUT2D eigenvalue weighted by Gasteiger charge is -2.09. The monoisotopic (exact) mass is 287 g/mol. The number of nitro benzene ring substituents is 2. The summed E-state index contributed by atoms with van der Waals surface area (Å²) in [6, 6.07) is 11.2. The standard InChI is InChI=1S/C14H13N3O4/c1-10-4-2-3-5-13(10)15-9-11-6-7-12(16(18)19)8-14(11)17(20)21/h2-8,15H,9H2,1H3. The van der Waals surface area contributed by atoms with E-state index in [1.807, 2.05) is 31.2 Å². The minimum atomic E-state index is -0.647. The van der Waals surface area contributed by atoms with Gasteiger partial charge in [0, 0.05) is 23.9 Å². The molecule has 0 unspecified atom stereocenters. The summed E-state index contributed by atoms with van der Waals surface area (Å²) in [5.41, 5.74) is 1.73. The average Bonchev–Trinajstić information content (AvgIpc) is 2.46. The van der Waals surface area contributed by atoms with Crippen LogP contribution in [-0.4, -0.2) is 9.85 Å². The van der Waals surface area contributed by atoms with Crippen LogP contribution in [-0.2, 0) is 6.54 Å². The van der Waals surface area contributed by atoms with E-state index < -0.39 is 9.85 Å². The summed E-state index contributed by atoms with van der Waals surface area (Å²) in [6.07, 6.45) is 0. The molecule has 7 heteroatoms. The predicted molar refractivity (Wildman–Crippen MR) is 78.3 cm³/mol. The lowest BCUT2D eigenvalue weighted by atomic mass is 10.1. The zero-order valence-corrected chi connectivity index (χ0v) is 11.3. The molecule has 0 saturated carbocycles. The largest absolute Gasteiger partial charge is 0.380 e. The molecule has 0 aromatic heterocycles. The van der Waals surface area contributed by atoms with Gasteiger partial charge < -0.3 is 5.32 Å². The molecule has 0 heterocycles. The van der Waals surface area contributed by atoms with Crippen LogP contribution in [0, 0.1) is 27.2 Å². The van der Waals surface area contributed by atoms with Crippen molar-refractivity contribution in [2.45, 2.75) is 13.5 Å². The van der Waals surface area contributed by atoms with Crippen LogP contribution in [0.2, 0.25) is 0 Å². The van der Waals surface area contributed by atoms with E-state index in [0.29, 0.717) is 5.56 Å². The third kappa shape index (κ3) is 3.33. The maximum Gasteiger partial charge on any atom is 0.281 e. The van der Waals surface area contributed by atoms with E-state index >= 15 is 0 Å². The van der Waals surface area contributed by atoms with Gasteiger partial charge >= 0.3 is 0 Å². The molecule has 0 fully saturated rings. The van der Waals surface area contributed by atoms with Crippen molar-refractivity contribution in [1.29, 1.82) is 0 Å². The maximum atomic E-state index is 11.0. The number of hydrogen-bond acceptors (Lipinski definition) is 5. The van der Waals surface area contributed by atoms with Gasteiger partial charge in [-0.15, -0.1) is 0 Å².